The molecule has 0 spiro atoms. The molecule has 0 saturated heterocycles. The summed E-state index contributed by atoms with van der Waals surface area (Å²) in [5.41, 5.74) is 2.18. The van der Waals surface area contributed by atoms with E-state index in [0.717, 1.165) is 12.0 Å². The second-order valence-corrected chi connectivity index (χ2v) is 8.11. The lowest BCUT2D eigenvalue weighted by Gasteiger charge is -2.15. The fourth-order valence-electron chi connectivity index (χ4n) is 2.94. The minimum atomic E-state index is -0.328. The van der Waals surface area contributed by atoms with E-state index in [1.807, 2.05) is 60.7 Å². The van der Waals surface area contributed by atoms with Crippen LogP contribution in [0.4, 0.5) is 5.69 Å². The summed E-state index contributed by atoms with van der Waals surface area (Å²) >= 11 is 5.38. The van der Waals surface area contributed by atoms with Crippen LogP contribution in [0.2, 0.25) is 0 Å². The predicted molar refractivity (Wildman–Crippen MR) is 132 cm³/mol. The van der Waals surface area contributed by atoms with Crippen LogP contribution in [-0.4, -0.2) is 17.6 Å². The van der Waals surface area contributed by atoms with Gasteiger partial charge in [0.25, 0.3) is 5.91 Å². The van der Waals surface area contributed by atoms with E-state index in [1.54, 1.807) is 18.2 Å². The van der Waals surface area contributed by atoms with Crippen molar-refractivity contribution in [2.45, 2.75) is 26.9 Å². The molecule has 0 atom stereocenters. The third-order valence-corrected chi connectivity index (χ3v) is 4.89. The number of para-hydroxylation sites is 3. The highest BCUT2D eigenvalue weighted by Crippen LogP contribution is 2.25. The second-order valence-electron chi connectivity index (χ2n) is 7.71. The summed E-state index contributed by atoms with van der Waals surface area (Å²) < 4.78 is 11.8. The number of carbonyl (C=O) groups is 1. The van der Waals surface area contributed by atoms with Crippen LogP contribution in [0.5, 0.6) is 11.5 Å². The lowest BCUT2D eigenvalue weighted by molar-refractivity contribution is 0.0973. The molecule has 0 aliphatic heterocycles. The zero-order valence-electron chi connectivity index (χ0n) is 18.3. The fourth-order valence-corrected chi connectivity index (χ4v) is 3.14. The first kappa shape index (κ1) is 23.3. The molecule has 32 heavy (non-hydrogen) atoms. The highest BCUT2D eigenvalue weighted by atomic mass is 32.1. The first-order valence-electron chi connectivity index (χ1n) is 10.6. The van der Waals surface area contributed by atoms with Crippen molar-refractivity contribution in [2.24, 2.45) is 5.92 Å². The van der Waals surface area contributed by atoms with Gasteiger partial charge in [-0.05, 0) is 54.4 Å². The van der Waals surface area contributed by atoms with E-state index in [9.17, 15) is 4.79 Å². The van der Waals surface area contributed by atoms with Crippen LogP contribution in [-0.2, 0) is 6.61 Å². The van der Waals surface area contributed by atoms with Crippen LogP contribution < -0.4 is 20.1 Å². The Morgan fingerprint density at radius 2 is 1.53 bits per heavy atom. The normalized spacial score (nSPS) is 10.5. The van der Waals surface area contributed by atoms with E-state index in [-0.39, 0.29) is 11.0 Å². The molecule has 0 aliphatic carbocycles. The zero-order valence-corrected chi connectivity index (χ0v) is 19.2. The number of hydrogen-bond acceptors (Lipinski definition) is 4. The van der Waals surface area contributed by atoms with Crippen molar-refractivity contribution in [3.8, 4) is 11.5 Å². The number of thiocarbonyl (C=S) groups is 1. The van der Waals surface area contributed by atoms with Gasteiger partial charge in [-0.3, -0.25) is 10.1 Å². The van der Waals surface area contributed by atoms with Crippen LogP contribution in [0.3, 0.4) is 0 Å². The Hall–Kier alpha value is -3.38. The Labute approximate surface area is 194 Å². The van der Waals surface area contributed by atoms with Crippen molar-refractivity contribution in [3.05, 3.63) is 90.0 Å². The summed E-state index contributed by atoms with van der Waals surface area (Å²) in [6.07, 6.45) is 0.912. The van der Waals surface area contributed by atoms with Gasteiger partial charge in [-0.1, -0.05) is 68.4 Å². The largest absolute Gasteiger partial charge is 0.493 e. The van der Waals surface area contributed by atoms with Gasteiger partial charge in [0.2, 0.25) is 0 Å². The molecule has 3 aromatic carbocycles. The standard InChI is InChI=1S/C26H28N2O3S/c1-19(2)16-17-30-23-14-8-6-12-21(23)25(29)28-26(32)27-22-13-7-9-15-24(22)31-18-20-10-4-3-5-11-20/h3-15,19H,16-18H2,1-2H3,(H2,27,28,29,32). The van der Waals surface area contributed by atoms with Gasteiger partial charge in [0.1, 0.15) is 18.1 Å². The topological polar surface area (TPSA) is 59.6 Å². The summed E-state index contributed by atoms with van der Waals surface area (Å²) in [6.45, 7) is 5.25. The molecule has 3 rings (SSSR count). The highest BCUT2D eigenvalue weighted by molar-refractivity contribution is 7.80. The third kappa shape index (κ3) is 7.10. The number of anilines is 1. The molecule has 5 nitrogen and oxygen atoms in total. The van der Waals surface area contributed by atoms with Crippen LogP contribution in [0.25, 0.3) is 0 Å². The molecule has 0 aromatic heterocycles. The van der Waals surface area contributed by atoms with Crippen LogP contribution >= 0.6 is 12.2 Å². The fraction of sp³-hybridized carbons (Fsp3) is 0.231. The molecule has 0 radical (unpaired) electrons. The number of nitrogens with one attached hydrogen (secondary N) is 2. The summed E-state index contributed by atoms with van der Waals surface area (Å²) in [7, 11) is 0. The molecule has 0 saturated carbocycles. The number of amides is 1. The van der Waals surface area contributed by atoms with Gasteiger partial charge in [0.05, 0.1) is 17.9 Å². The molecule has 0 aliphatic rings. The molecule has 166 valence electrons. The molecule has 0 fully saturated rings. The van der Waals surface area contributed by atoms with E-state index >= 15 is 0 Å². The van der Waals surface area contributed by atoms with Crippen LogP contribution in [0, 0.1) is 5.92 Å². The minimum absolute atomic E-state index is 0.183. The number of rotatable bonds is 9. The van der Waals surface area contributed by atoms with E-state index in [1.165, 1.54) is 0 Å². The van der Waals surface area contributed by atoms with Crippen molar-refractivity contribution in [3.63, 3.8) is 0 Å². The van der Waals surface area contributed by atoms with Gasteiger partial charge in [0.15, 0.2) is 5.11 Å². The van der Waals surface area contributed by atoms with Crippen molar-refractivity contribution in [1.82, 2.24) is 5.32 Å². The Balaban J connectivity index is 1.61. The summed E-state index contributed by atoms with van der Waals surface area (Å²) in [5, 5.41) is 5.97. The molecule has 0 heterocycles. The quantitative estimate of drug-likeness (QED) is 0.404. The SMILES string of the molecule is CC(C)CCOc1ccccc1C(=O)NC(=S)Nc1ccccc1OCc1ccccc1. The van der Waals surface area contributed by atoms with Crippen LogP contribution in [0.15, 0.2) is 78.9 Å². The number of benzene rings is 3. The number of hydrogen-bond donors (Lipinski definition) is 2. The molecule has 6 heteroatoms. The van der Waals surface area contributed by atoms with Gasteiger partial charge >= 0.3 is 0 Å². The molecular weight excluding hydrogens is 420 g/mol. The van der Waals surface area contributed by atoms with Gasteiger partial charge < -0.3 is 14.8 Å². The van der Waals surface area contributed by atoms with E-state index in [0.29, 0.717) is 41.9 Å². The molecule has 2 N–H and O–H groups in total. The van der Waals surface area contributed by atoms with E-state index in [4.69, 9.17) is 21.7 Å². The van der Waals surface area contributed by atoms with Crippen molar-refractivity contribution < 1.29 is 14.3 Å². The van der Waals surface area contributed by atoms with Crippen LogP contribution in [0.1, 0.15) is 36.2 Å². The monoisotopic (exact) mass is 448 g/mol. The lowest BCUT2D eigenvalue weighted by Crippen LogP contribution is -2.34. The maximum Gasteiger partial charge on any atom is 0.261 e. The smallest absolute Gasteiger partial charge is 0.261 e. The van der Waals surface area contributed by atoms with E-state index in [2.05, 4.69) is 24.5 Å². The lowest BCUT2D eigenvalue weighted by atomic mass is 10.1. The molecule has 0 bridgehead atoms. The van der Waals surface area contributed by atoms with E-state index < -0.39 is 0 Å². The summed E-state index contributed by atoms with van der Waals surface area (Å²) in [6, 6.07) is 24.5. The Kier molecular flexibility index (Phi) is 8.63. The first-order chi connectivity index (χ1) is 15.5. The average molecular weight is 449 g/mol. The molecule has 0 unspecified atom stereocenters. The van der Waals surface area contributed by atoms with Gasteiger partial charge in [-0.25, -0.2) is 0 Å². The average Bonchev–Trinajstić information content (AvgIpc) is 2.79. The first-order valence-corrected chi connectivity index (χ1v) is 11.0. The maximum atomic E-state index is 12.8. The van der Waals surface area contributed by atoms with Crippen molar-refractivity contribution in [2.75, 3.05) is 11.9 Å². The summed E-state index contributed by atoms with van der Waals surface area (Å²) in [5.74, 6) is 1.38. The Morgan fingerprint density at radius 1 is 0.875 bits per heavy atom. The minimum Gasteiger partial charge on any atom is -0.493 e. The Bertz CT molecular complexity index is 1040. The molecule has 1 amide bonds. The zero-order chi connectivity index (χ0) is 22.8. The van der Waals surface area contributed by atoms with Gasteiger partial charge in [0, 0.05) is 0 Å². The Morgan fingerprint density at radius 3 is 2.28 bits per heavy atom. The molecule has 3 aromatic rings. The van der Waals surface area contributed by atoms with Gasteiger partial charge in [-0.15, -0.1) is 0 Å². The second kappa shape index (κ2) is 11.9. The number of ether oxygens (including phenoxy) is 2. The maximum absolute atomic E-state index is 12.8. The third-order valence-electron chi connectivity index (χ3n) is 4.68. The van der Waals surface area contributed by atoms with Crippen molar-refractivity contribution >= 4 is 28.9 Å². The highest BCUT2D eigenvalue weighted by Gasteiger charge is 2.14. The van der Waals surface area contributed by atoms with Gasteiger partial charge in [-0.2, -0.15) is 0 Å². The molecular formula is C26H28N2O3S. The van der Waals surface area contributed by atoms with Crippen molar-refractivity contribution in [1.29, 1.82) is 0 Å². The number of carbonyl (C=O) groups excluding carboxylic acids is 1. The predicted octanol–water partition coefficient (Wildman–Crippen LogP) is 5.82. The summed E-state index contributed by atoms with van der Waals surface area (Å²) in [4.78, 5) is 12.8.